The number of hydrazone groups is 1. The van der Waals surface area contributed by atoms with Gasteiger partial charge >= 0.3 is 6.03 Å². The molecule has 0 aliphatic carbocycles. The molecule has 0 bridgehead atoms. The summed E-state index contributed by atoms with van der Waals surface area (Å²) in [6.07, 6.45) is 4.12. The minimum absolute atomic E-state index is 0.0250. The first-order valence-corrected chi connectivity index (χ1v) is 11.5. The minimum Gasteiger partial charge on any atom is -0.504 e. The van der Waals surface area contributed by atoms with Gasteiger partial charge in [0.15, 0.2) is 28.9 Å². The molecule has 4 rings (SSSR count). The molecule has 0 saturated carbocycles. The third kappa shape index (κ3) is 6.19. The molecule has 0 unspecified atom stereocenters. The van der Waals surface area contributed by atoms with Crippen molar-refractivity contribution in [2.24, 2.45) is 10.8 Å². The van der Waals surface area contributed by atoms with E-state index in [0.29, 0.717) is 28.8 Å². The van der Waals surface area contributed by atoms with Gasteiger partial charge in [-0.25, -0.2) is 9.18 Å². The number of carbonyl (C=O) groups excluding carboxylic acids is 1. The lowest BCUT2D eigenvalue weighted by atomic mass is 10.2. The molecule has 2 heterocycles. The van der Waals surface area contributed by atoms with E-state index in [0.717, 1.165) is 24.9 Å². The summed E-state index contributed by atoms with van der Waals surface area (Å²) in [5.74, 6) is -2.09. The number of hydrogen-bond donors (Lipinski definition) is 4. The van der Waals surface area contributed by atoms with Crippen LogP contribution in [0.2, 0.25) is 0 Å². The van der Waals surface area contributed by atoms with Crippen LogP contribution in [-0.2, 0) is 6.54 Å². The Hall–Kier alpha value is -5.24. The number of anilines is 1. The first kappa shape index (κ1) is 26.8. The van der Waals surface area contributed by atoms with Crippen molar-refractivity contribution in [3.63, 3.8) is 0 Å². The molecular weight excluding hydrogens is 511 g/mol. The maximum absolute atomic E-state index is 15.0. The lowest BCUT2D eigenvalue weighted by molar-refractivity contribution is 0.254. The van der Waals surface area contributed by atoms with Crippen molar-refractivity contribution < 1.29 is 29.2 Å². The highest BCUT2D eigenvalue weighted by Gasteiger charge is 2.17. The largest absolute Gasteiger partial charge is 0.504 e. The van der Waals surface area contributed by atoms with Crippen LogP contribution in [0.4, 0.5) is 14.9 Å². The third-order valence-electron chi connectivity index (χ3n) is 5.43. The average molecular weight is 537 g/mol. The number of nitrogens with zero attached hydrogens (tertiary/aromatic N) is 7. The van der Waals surface area contributed by atoms with E-state index in [4.69, 9.17) is 10.5 Å². The number of likely N-dealkylation sites (N-methyl/N-ethyl adjacent to an activating group) is 1. The number of rotatable bonds is 9. The number of pyridine rings is 1. The fraction of sp³-hybridized carbons (Fsp3) is 0.160. The smallest absolute Gasteiger partial charge is 0.340 e. The van der Waals surface area contributed by atoms with E-state index in [9.17, 15) is 24.5 Å². The van der Waals surface area contributed by atoms with Crippen molar-refractivity contribution in [1.82, 2.24) is 24.6 Å². The van der Waals surface area contributed by atoms with Crippen LogP contribution in [-0.4, -0.2) is 72.9 Å². The Morgan fingerprint density at radius 3 is 2.67 bits per heavy atom. The molecule has 2 aromatic heterocycles. The van der Waals surface area contributed by atoms with Gasteiger partial charge in [-0.1, -0.05) is 0 Å². The Bertz CT molecular complexity index is 1520. The zero-order valence-corrected chi connectivity index (χ0v) is 20.9. The average Bonchev–Trinajstić information content (AvgIpc) is 3.38. The number of aromatic hydroxyl groups is 3. The number of primary amides is 1. The Labute approximate surface area is 221 Å². The van der Waals surface area contributed by atoms with Crippen molar-refractivity contribution in [2.45, 2.75) is 6.54 Å². The molecule has 4 aromatic rings. The van der Waals surface area contributed by atoms with E-state index in [1.54, 1.807) is 18.5 Å². The first-order valence-electron chi connectivity index (χ1n) is 11.5. The summed E-state index contributed by atoms with van der Waals surface area (Å²) in [5, 5.41) is 41.7. The van der Waals surface area contributed by atoms with Gasteiger partial charge in [0, 0.05) is 37.0 Å². The summed E-state index contributed by atoms with van der Waals surface area (Å²) in [4.78, 5) is 18.3. The number of phenolic OH excluding ortho intramolecular Hbond substituents is 3. The highest BCUT2D eigenvalue weighted by molar-refractivity contribution is 5.94. The van der Waals surface area contributed by atoms with E-state index in [2.05, 4.69) is 20.3 Å². The van der Waals surface area contributed by atoms with Gasteiger partial charge in [-0.3, -0.25) is 4.98 Å². The third-order valence-corrected chi connectivity index (χ3v) is 5.43. The Balaban J connectivity index is 1.54. The monoisotopic (exact) mass is 536 g/mol. The van der Waals surface area contributed by atoms with Gasteiger partial charge in [0.1, 0.15) is 17.8 Å². The second-order valence-electron chi connectivity index (χ2n) is 8.51. The Kier molecular flexibility index (Phi) is 7.86. The molecular formula is C25H25FN8O5. The molecule has 5 N–H and O–H groups in total. The van der Waals surface area contributed by atoms with Crippen LogP contribution in [0.1, 0.15) is 5.56 Å². The number of phenols is 3. The number of ether oxygens (including phenoxy) is 1. The molecule has 0 aliphatic heterocycles. The van der Waals surface area contributed by atoms with Crippen molar-refractivity contribution in [1.29, 1.82) is 0 Å². The van der Waals surface area contributed by atoms with Crippen molar-refractivity contribution in [3.05, 3.63) is 66.4 Å². The topological polar surface area (TPSA) is 175 Å². The van der Waals surface area contributed by atoms with Crippen molar-refractivity contribution in [3.8, 4) is 40.3 Å². The van der Waals surface area contributed by atoms with Gasteiger partial charge in [-0.05, 0) is 44.4 Å². The zero-order chi connectivity index (χ0) is 28.1. The van der Waals surface area contributed by atoms with E-state index in [1.807, 2.05) is 23.6 Å². The normalized spacial score (nSPS) is 11.3. The number of halogens is 1. The molecule has 0 spiro atoms. The standard InChI is InChI=1S/C25H25FN8O5/c1-32(2)9-10-33-14-29-31-24(33)19-12-17(7-8-28-19)39-21-6-4-16(11-18(21)26)34(25(27)38)30-13-15-3-5-20(35)23(37)22(15)36/h3-8,11-14,35-37H,9-10H2,1-2H3,(H2,27,38)/b30-13+. The van der Waals surface area contributed by atoms with E-state index < -0.39 is 29.1 Å². The summed E-state index contributed by atoms with van der Waals surface area (Å²) in [6, 6.07) is 8.12. The molecule has 0 radical (unpaired) electrons. The van der Waals surface area contributed by atoms with E-state index in [-0.39, 0.29) is 17.0 Å². The Morgan fingerprint density at radius 1 is 1.15 bits per heavy atom. The molecule has 13 nitrogen and oxygen atoms in total. The van der Waals surface area contributed by atoms with Gasteiger partial charge < -0.3 is 35.3 Å². The summed E-state index contributed by atoms with van der Waals surface area (Å²) < 4.78 is 22.6. The predicted molar refractivity (Wildman–Crippen MR) is 139 cm³/mol. The van der Waals surface area contributed by atoms with E-state index in [1.165, 1.54) is 24.4 Å². The van der Waals surface area contributed by atoms with Crippen LogP contribution in [0.25, 0.3) is 11.5 Å². The summed E-state index contributed by atoms with van der Waals surface area (Å²) in [6.45, 7) is 1.41. The van der Waals surface area contributed by atoms with Crippen LogP contribution >= 0.6 is 0 Å². The summed E-state index contributed by atoms with van der Waals surface area (Å²) in [5.41, 5.74) is 5.82. The number of carbonyl (C=O) groups is 1. The number of benzene rings is 2. The van der Waals surface area contributed by atoms with Gasteiger partial charge in [-0.15, -0.1) is 10.2 Å². The molecule has 14 heteroatoms. The molecule has 0 fully saturated rings. The predicted octanol–water partition coefficient (Wildman–Crippen LogP) is 2.87. The highest BCUT2D eigenvalue weighted by atomic mass is 19.1. The fourth-order valence-corrected chi connectivity index (χ4v) is 3.41. The zero-order valence-electron chi connectivity index (χ0n) is 20.9. The molecule has 202 valence electrons. The molecule has 2 amide bonds. The quantitative estimate of drug-likeness (QED) is 0.142. The number of hydrogen-bond acceptors (Lipinski definition) is 10. The van der Waals surface area contributed by atoms with Crippen LogP contribution in [0.3, 0.4) is 0 Å². The van der Waals surface area contributed by atoms with Crippen molar-refractivity contribution >= 4 is 17.9 Å². The minimum atomic E-state index is -1.04. The molecule has 0 saturated heterocycles. The molecule has 0 atom stereocenters. The summed E-state index contributed by atoms with van der Waals surface area (Å²) in [7, 11) is 3.91. The lowest BCUT2D eigenvalue weighted by Crippen LogP contribution is -2.31. The summed E-state index contributed by atoms with van der Waals surface area (Å²) >= 11 is 0. The maximum atomic E-state index is 15.0. The Morgan fingerprint density at radius 2 is 1.95 bits per heavy atom. The maximum Gasteiger partial charge on any atom is 0.340 e. The van der Waals surface area contributed by atoms with Crippen LogP contribution in [0, 0.1) is 5.82 Å². The van der Waals surface area contributed by atoms with Gasteiger partial charge in [-0.2, -0.15) is 10.1 Å². The van der Waals surface area contributed by atoms with Crippen LogP contribution in [0.5, 0.6) is 28.7 Å². The highest BCUT2D eigenvalue weighted by Crippen LogP contribution is 2.36. The van der Waals surface area contributed by atoms with Crippen LogP contribution in [0.15, 0.2) is 60.1 Å². The fourth-order valence-electron chi connectivity index (χ4n) is 3.41. The number of aromatic nitrogens is 4. The van der Waals surface area contributed by atoms with E-state index >= 15 is 0 Å². The second-order valence-corrected chi connectivity index (χ2v) is 8.51. The second kappa shape index (κ2) is 11.4. The molecule has 0 aliphatic rings. The number of urea groups is 1. The lowest BCUT2D eigenvalue weighted by Gasteiger charge is -2.16. The number of nitrogens with two attached hydrogens (primary N) is 1. The van der Waals surface area contributed by atoms with Crippen LogP contribution < -0.4 is 15.5 Å². The van der Waals surface area contributed by atoms with Crippen molar-refractivity contribution in [2.75, 3.05) is 25.6 Å². The molecule has 2 aromatic carbocycles. The van der Waals surface area contributed by atoms with Gasteiger partial charge in [0.05, 0.1) is 11.9 Å². The first-order chi connectivity index (χ1) is 18.6. The van der Waals surface area contributed by atoms with Gasteiger partial charge in [0.25, 0.3) is 0 Å². The molecule has 39 heavy (non-hydrogen) atoms. The van der Waals surface area contributed by atoms with Gasteiger partial charge in [0.2, 0.25) is 5.75 Å². The SMILES string of the molecule is CN(C)CCn1cnnc1-c1cc(Oc2ccc(N(/N=C/c3ccc(O)c(O)c3O)C(N)=O)cc2F)ccn1. The number of amides is 2.